The van der Waals surface area contributed by atoms with Gasteiger partial charge >= 0.3 is 6.18 Å². The van der Waals surface area contributed by atoms with E-state index < -0.39 is 11.9 Å². The van der Waals surface area contributed by atoms with Gasteiger partial charge in [0.1, 0.15) is 5.69 Å². The minimum Gasteiger partial charge on any atom is -0.379 e. The van der Waals surface area contributed by atoms with E-state index in [0.29, 0.717) is 12.2 Å². The lowest BCUT2D eigenvalue weighted by molar-refractivity contribution is -0.141. The van der Waals surface area contributed by atoms with Gasteiger partial charge in [0, 0.05) is 11.1 Å². The summed E-state index contributed by atoms with van der Waals surface area (Å²) in [7, 11) is 0. The van der Waals surface area contributed by atoms with E-state index in [2.05, 4.69) is 15.3 Å². The molecule has 2 rings (SSSR count). The molecule has 0 spiro atoms. The highest BCUT2D eigenvalue weighted by atomic mass is 32.1. The number of aromatic nitrogens is 2. The molecule has 0 aliphatic heterocycles. The van der Waals surface area contributed by atoms with Gasteiger partial charge < -0.3 is 5.32 Å². The molecule has 0 atom stereocenters. The van der Waals surface area contributed by atoms with Crippen molar-refractivity contribution in [3.63, 3.8) is 0 Å². The van der Waals surface area contributed by atoms with Crippen LogP contribution in [0.3, 0.4) is 0 Å². The zero-order valence-corrected chi connectivity index (χ0v) is 9.35. The van der Waals surface area contributed by atoms with Gasteiger partial charge in [-0.2, -0.15) is 13.2 Å². The van der Waals surface area contributed by atoms with Crippen molar-refractivity contribution in [2.24, 2.45) is 0 Å². The van der Waals surface area contributed by atoms with E-state index in [1.807, 2.05) is 0 Å². The largest absolute Gasteiger partial charge is 0.433 e. The molecular weight excluding hydrogens is 251 g/mol. The number of anilines is 1. The van der Waals surface area contributed by atoms with Gasteiger partial charge in [0.05, 0.1) is 23.9 Å². The summed E-state index contributed by atoms with van der Waals surface area (Å²) < 4.78 is 36.7. The van der Waals surface area contributed by atoms with E-state index in [4.69, 9.17) is 0 Å². The van der Waals surface area contributed by atoms with Crippen molar-refractivity contribution in [1.82, 2.24) is 9.97 Å². The molecule has 0 saturated carbocycles. The maximum absolute atomic E-state index is 12.2. The van der Waals surface area contributed by atoms with Gasteiger partial charge in [-0.25, -0.2) is 4.98 Å². The highest BCUT2D eigenvalue weighted by Gasteiger charge is 2.31. The second-order valence-electron chi connectivity index (χ2n) is 3.25. The van der Waals surface area contributed by atoms with Crippen LogP contribution in [0.1, 0.15) is 10.6 Å². The Morgan fingerprint density at radius 3 is 2.59 bits per heavy atom. The van der Waals surface area contributed by atoms with Crippen molar-refractivity contribution in [2.45, 2.75) is 12.7 Å². The third-order valence-electron chi connectivity index (χ3n) is 2.00. The molecule has 0 aliphatic carbocycles. The van der Waals surface area contributed by atoms with Crippen LogP contribution in [0.15, 0.2) is 30.0 Å². The molecule has 7 heteroatoms. The molecule has 0 bridgehead atoms. The number of rotatable bonds is 3. The highest BCUT2D eigenvalue weighted by Crippen LogP contribution is 2.27. The fourth-order valence-corrected chi connectivity index (χ4v) is 1.72. The van der Waals surface area contributed by atoms with Crippen LogP contribution >= 0.6 is 11.3 Å². The lowest BCUT2D eigenvalue weighted by atomic mass is 10.3. The topological polar surface area (TPSA) is 37.8 Å². The van der Waals surface area contributed by atoms with Crippen LogP contribution in [0.25, 0.3) is 0 Å². The number of nitrogens with zero attached hydrogens (tertiary/aromatic N) is 2. The number of alkyl halides is 3. The Morgan fingerprint density at radius 2 is 2.06 bits per heavy atom. The van der Waals surface area contributed by atoms with E-state index in [9.17, 15) is 13.2 Å². The second kappa shape index (κ2) is 4.70. The third-order valence-corrected chi connectivity index (χ3v) is 2.78. The number of hydrogen-bond acceptors (Lipinski definition) is 4. The smallest absolute Gasteiger partial charge is 0.379 e. The number of thiazole rings is 1. The first-order valence-corrected chi connectivity index (χ1v) is 5.58. The Hall–Kier alpha value is -1.63. The van der Waals surface area contributed by atoms with Gasteiger partial charge in [-0.15, -0.1) is 11.3 Å². The van der Waals surface area contributed by atoms with E-state index in [1.165, 1.54) is 23.6 Å². The minimum absolute atomic E-state index is 0.526. The van der Waals surface area contributed by atoms with Gasteiger partial charge in [0.2, 0.25) is 0 Å². The summed E-state index contributed by atoms with van der Waals surface area (Å²) in [6, 6.07) is 2.31. The molecular formula is C10H8F3N3S. The zero-order valence-electron chi connectivity index (χ0n) is 8.53. The summed E-state index contributed by atoms with van der Waals surface area (Å²) in [5, 5.41) is 2.97. The minimum atomic E-state index is -4.39. The standard InChI is InChI=1S/C10H8F3N3S/c11-10(12,13)9-2-1-7(3-16-9)15-5-8-4-14-6-17-8/h1-4,6,15H,5H2. The van der Waals surface area contributed by atoms with Crippen molar-refractivity contribution in [3.8, 4) is 0 Å². The Balaban J connectivity index is 1.99. The molecule has 0 radical (unpaired) electrons. The molecule has 0 saturated heterocycles. The van der Waals surface area contributed by atoms with E-state index >= 15 is 0 Å². The fourth-order valence-electron chi connectivity index (χ4n) is 1.18. The SMILES string of the molecule is FC(F)(F)c1ccc(NCc2cncs2)cn1. The normalized spacial score (nSPS) is 11.5. The van der Waals surface area contributed by atoms with Crippen molar-refractivity contribution in [1.29, 1.82) is 0 Å². The number of pyridine rings is 1. The number of nitrogens with one attached hydrogen (secondary N) is 1. The predicted octanol–water partition coefficient (Wildman–Crippen LogP) is 3.17. The summed E-state index contributed by atoms with van der Waals surface area (Å²) in [6.45, 7) is 0.526. The molecule has 2 aromatic heterocycles. The van der Waals surface area contributed by atoms with E-state index in [1.54, 1.807) is 11.7 Å². The van der Waals surface area contributed by atoms with Gasteiger partial charge in [0.25, 0.3) is 0 Å². The molecule has 0 aromatic carbocycles. The van der Waals surface area contributed by atoms with Gasteiger partial charge in [-0.3, -0.25) is 4.98 Å². The summed E-state index contributed by atoms with van der Waals surface area (Å²) in [5.74, 6) is 0. The Morgan fingerprint density at radius 1 is 1.24 bits per heavy atom. The van der Waals surface area contributed by atoms with E-state index in [-0.39, 0.29) is 0 Å². The van der Waals surface area contributed by atoms with Crippen LogP contribution in [0.5, 0.6) is 0 Å². The zero-order chi connectivity index (χ0) is 12.3. The number of hydrogen-bond donors (Lipinski definition) is 1. The average Bonchev–Trinajstić information content (AvgIpc) is 2.78. The van der Waals surface area contributed by atoms with Crippen molar-refractivity contribution in [2.75, 3.05) is 5.32 Å². The maximum Gasteiger partial charge on any atom is 0.433 e. The van der Waals surface area contributed by atoms with Crippen LogP contribution in [0, 0.1) is 0 Å². The molecule has 0 unspecified atom stereocenters. The van der Waals surface area contributed by atoms with Crippen molar-refractivity contribution < 1.29 is 13.2 Å². The summed E-state index contributed by atoms with van der Waals surface area (Å²) in [5.41, 5.74) is 1.36. The highest BCUT2D eigenvalue weighted by molar-refractivity contribution is 7.09. The molecule has 1 N–H and O–H groups in total. The molecule has 0 fully saturated rings. The first-order chi connectivity index (χ1) is 8.05. The van der Waals surface area contributed by atoms with Crippen LogP contribution < -0.4 is 5.32 Å². The lowest BCUT2D eigenvalue weighted by Gasteiger charge is -2.07. The Bertz CT molecular complexity index is 465. The third kappa shape index (κ3) is 3.16. The average molecular weight is 259 g/mol. The van der Waals surface area contributed by atoms with Crippen LogP contribution in [0.4, 0.5) is 18.9 Å². The fraction of sp³-hybridized carbons (Fsp3) is 0.200. The summed E-state index contributed by atoms with van der Waals surface area (Å²) >= 11 is 1.48. The summed E-state index contributed by atoms with van der Waals surface area (Å²) in [4.78, 5) is 8.25. The van der Waals surface area contributed by atoms with Crippen LogP contribution in [-0.2, 0) is 12.7 Å². The number of halogens is 3. The summed E-state index contributed by atoms with van der Waals surface area (Å²) in [6.07, 6.45) is -1.52. The van der Waals surface area contributed by atoms with Gasteiger partial charge in [-0.05, 0) is 12.1 Å². The maximum atomic E-state index is 12.2. The Labute approximate surface area is 99.3 Å². The quantitative estimate of drug-likeness (QED) is 0.920. The van der Waals surface area contributed by atoms with Crippen LogP contribution in [0.2, 0.25) is 0 Å². The van der Waals surface area contributed by atoms with E-state index in [0.717, 1.165) is 10.9 Å². The van der Waals surface area contributed by atoms with Crippen LogP contribution in [-0.4, -0.2) is 9.97 Å². The molecule has 17 heavy (non-hydrogen) atoms. The first-order valence-electron chi connectivity index (χ1n) is 4.70. The molecule has 2 aromatic rings. The molecule has 3 nitrogen and oxygen atoms in total. The van der Waals surface area contributed by atoms with Crippen molar-refractivity contribution in [3.05, 3.63) is 40.6 Å². The van der Waals surface area contributed by atoms with Crippen molar-refractivity contribution >= 4 is 17.0 Å². The molecule has 0 aliphatic rings. The van der Waals surface area contributed by atoms with Gasteiger partial charge in [-0.1, -0.05) is 0 Å². The monoisotopic (exact) mass is 259 g/mol. The van der Waals surface area contributed by atoms with Gasteiger partial charge in [0.15, 0.2) is 0 Å². The Kier molecular flexibility index (Phi) is 3.28. The first kappa shape index (κ1) is 11.8. The predicted molar refractivity (Wildman–Crippen MR) is 58.7 cm³/mol. The molecule has 0 amide bonds. The molecule has 2 heterocycles. The second-order valence-corrected chi connectivity index (χ2v) is 4.22. The molecule has 90 valence electrons. The lowest BCUT2D eigenvalue weighted by Crippen LogP contribution is -2.08.